The largest absolute Gasteiger partial charge is 0.755 e. The van der Waals surface area contributed by atoms with Crippen LogP contribution >= 0.6 is 0 Å². The molecule has 31 heavy (non-hydrogen) atoms. The molecule has 3 aromatic rings. The summed E-state index contributed by atoms with van der Waals surface area (Å²) >= 11 is -2.68. The zero-order chi connectivity index (χ0) is 22.4. The van der Waals surface area contributed by atoms with E-state index in [-0.39, 0.29) is 17.3 Å². The molecule has 1 heterocycles. The first-order valence-electron chi connectivity index (χ1n) is 9.80. The van der Waals surface area contributed by atoms with E-state index in [2.05, 4.69) is 10.3 Å². The molecule has 0 saturated heterocycles. The van der Waals surface area contributed by atoms with Crippen LogP contribution in [-0.4, -0.2) is 26.8 Å². The molecular weight excluding hydrogens is 414 g/mol. The number of benzene rings is 2. The Labute approximate surface area is 184 Å². The van der Waals surface area contributed by atoms with Crippen molar-refractivity contribution in [3.63, 3.8) is 0 Å². The Kier molecular flexibility index (Phi) is 7.38. The number of carbonyl (C=O) groups excluding carboxylic acids is 1. The molecule has 1 aromatic heterocycles. The fourth-order valence-electron chi connectivity index (χ4n) is 3.23. The summed E-state index contributed by atoms with van der Waals surface area (Å²) < 4.78 is 30.6. The van der Waals surface area contributed by atoms with Crippen LogP contribution in [0.1, 0.15) is 41.0 Å². The summed E-state index contributed by atoms with van der Waals surface area (Å²) in [6.07, 6.45) is 2.13. The van der Waals surface area contributed by atoms with E-state index in [1.165, 1.54) is 19.4 Å². The topological polar surface area (TPSA) is 94.6 Å². The van der Waals surface area contributed by atoms with Crippen LogP contribution in [0.15, 0.2) is 66.9 Å². The third kappa shape index (κ3) is 5.28. The second-order valence-corrected chi connectivity index (χ2v) is 7.70. The first-order valence-corrected chi connectivity index (χ1v) is 10.8. The van der Waals surface area contributed by atoms with Gasteiger partial charge in [-0.3, -0.25) is 18.3 Å². The van der Waals surface area contributed by atoms with Crippen molar-refractivity contribution in [1.82, 2.24) is 10.3 Å². The van der Waals surface area contributed by atoms with Crippen LogP contribution in [-0.2, 0) is 11.3 Å². The molecule has 2 unspecified atom stereocenters. The number of carbonyl (C=O) groups is 1. The van der Waals surface area contributed by atoms with Gasteiger partial charge in [-0.2, -0.15) is 0 Å². The summed E-state index contributed by atoms with van der Waals surface area (Å²) in [7, 11) is 1.49. The van der Waals surface area contributed by atoms with Crippen LogP contribution in [0.25, 0.3) is 0 Å². The number of ether oxygens (including phenoxy) is 1. The van der Waals surface area contributed by atoms with Crippen molar-refractivity contribution in [2.75, 3.05) is 11.4 Å². The molecule has 8 heteroatoms. The number of aromatic nitrogens is 1. The van der Waals surface area contributed by atoms with Crippen molar-refractivity contribution in [2.45, 2.75) is 26.3 Å². The minimum atomic E-state index is -2.68. The number of anilines is 2. The molecule has 162 valence electrons. The van der Waals surface area contributed by atoms with Crippen molar-refractivity contribution in [3.05, 3.63) is 83.7 Å². The molecular formula is C23H24N3O4S-. The van der Waals surface area contributed by atoms with Gasteiger partial charge in [-0.05, 0) is 49.2 Å². The van der Waals surface area contributed by atoms with Gasteiger partial charge in [0, 0.05) is 5.69 Å². The summed E-state index contributed by atoms with van der Waals surface area (Å²) in [6.45, 7) is 3.78. The smallest absolute Gasteiger partial charge is 0.254 e. The lowest BCUT2D eigenvalue weighted by Gasteiger charge is -2.28. The lowest BCUT2D eigenvalue weighted by Crippen LogP contribution is -2.30. The van der Waals surface area contributed by atoms with Gasteiger partial charge in [0.15, 0.2) is 0 Å². The molecule has 1 amide bonds. The molecule has 0 aliphatic rings. The molecule has 7 nitrogen and oxygen atoms in total. The molecule has 0 aliphatic carbocycles. The quantitative estimate of drug-likeness (QED) is 0.532. The van der Waals surface area contributed by atoms with Crippen LogP contribution in [0.2, 0.25) is 0 Å². The van der Waals surface area contributed by atoms with Crippen molar-refractivity contribution in [2.24, 2.45) is 0 Å². The Bertz CT molecular complexity index is 1060. The predicted molar refractivity (Wildman–Crippen MR) is 120 cm³/mol. The number of hydrogen-bond donors (Lipinski definition) is 1. The zero-order valence-electron chi connectivity index (χ0n) is 17.6. The highest BCUT2D eigenvalue weighted by Gasteiger charge is 2.22. The van der Waals surface area contributed by atoms with Crippen molar-refractivity contribution < 1.29 is 18.3 Å². The first-order chi connectivity index (χ1) is 14.9. The number of hydrogen-bond acceptors (Lipinski definition) is 5. The highest BCUT2D eigenvalue weighted by atomic mass is 32.2. The van der Waals surface area contributed by atoms with Crippen LogP contribution in [0.5, 0.6) is 5.75 Å². The second-order valence-electron chi connectivity index (χ2n) is 6.90. The monoisotopic (exact) mass is 438 g/mol. The number of nitrogens with zero attached hydrogens (tertiary/aromatic N) is 2. The molecule has 3 rings (SSSR count). The van der Waals surface area contributed by atoms with Gasteiger partial charge >= 0.3 is 0 Å². The highest BCUT2D eigenvalue weighted by Crippen LogP contribution is 2.33. The van der Waals surface area contributed by atoms with Gasteiger partial charge < -0.3 is 14.6 Å². The number of rotatable bonds is 8. The number of nitrogens with one attached hydrogen (secondary N) is 1. The maximum Gasteiger partial charge on any atom is 0.254 e. The minimum absolute atomic E-state index is 0.179. The Morgan fingerprint density at radius 1 is 1.19 bits per heavy atom. The Balaban J connectivity index is 2.03. The van der Waals surface area contributed by atoms with Gasteiger partial charge in [-0.1, -0.05) is 37.3 Å². The van der Waals surface area contributed by atoms with E-state index in [0.29, 0.717) is 17.9 Å². The van der Waals surface area contributed by atoms with E-state index in [1.54, 1.807) is 24.3 Å². The third-order valence-corrected chi connectivity index (χ3v) is 5.57. The van der Waals surface area contributed by atoms with E-state index in [9.17, 15) is 13.6 Å². The molecule has 0 saturated carbocycles. The molecule has 2 atom stereocenters. The molecule has 0 radical (unpaired) electrons. The second kappa shape index (κ2) is 10.2. The van der Waals surface area contributed by atoms with Crippen LogP contribution < -0.4 is 14.4 Å². The average Bonchev–Trinajstić information content (AvgIpc) is 2.79. The van der Waals surface area contributed by atoms with Crippen LogP contribution in [0.3, 0.4) is 0 Å². The van der Waals surface area contributed by atoms with Gasteiger partial charge in [0.2, 0.25) is 0 Å². The van der Waals surface area contributed by atoms with Crippen molar-refractivity contribution >= 4 is 28.5 Å². The van der Waals surface area contributed by atoms with E-state index < -0.39 is 17.2 Å². The highest BCUT2D eigenvalue weighted by molar-refractivity contribution is 7.81. The lowest BCUT2D eigenvalue weighted by atomic mass is 10.0. The summed E-state index contributed by atoms with van der Waals surface area (Å²) in [4.78, 5) is 17.5. The van der Waals surface area contributed by atoms with Crippen molar-refractivity contribution in [1.29, 1.82) is 0 Å². The molecule has 0 aliphatic heterocycles. The van der Waals surface area contributed by atoms with E-state index in [1.807, 2.05) is 44.2 Å². The van der Waals surface area contributed by atoms with Crippen LogP contribution in [0, 0.1) is 6.92 Å². The Morgan fingerprint density at radius 2 is 1.94 bits per heavy atom. The van der Waals surface area contributed by atoms with E-state index in [4.69, 9.17) is 4.74 Å². The molecule has 0 fully saturated rings. The van der Waals surface area contributed by atoms with Crippen LogP contribution in [0.4, 0.5) is 11.4 Å². The Hall–Kier alpha value is -3.23. The van der Waals surface area contributed by atoms with E-state index >= 15 is 0 Å². The number of aryl methyl sites for hydroxylation is 1. The summed E-state index contributed by atoms with van der Waals surface area (Å²) in [5.41, 5.74) is 2.43. The van der Waals surface area contributed by atoms with Gasteiger partial charge in [-0.15, -0.1) is 0 Å². The summed E-state index contributed by atoms with van der Waals surface area (Å²) in [5.74, 6) is 0.0421. The maximum absolute atomic E-state index is 13.3. The summed E-state index contributed by atoms with van der Waals surface area (Å²) in [5, 5.41) is 3.01. The zero-order valence-corrected chi connectivity index (χ0v) is 18.4. The fraction of sp³-hybridized carbons (Fsp3) is 0.217. The minimum Gasteiger partial charge on any atom is -0.755 e. The molecule has 0 spiro atoms. The first kappa shape index (κ1) is 22.5. The number of amides is 1. The maximum atomic E-state index is 13.3. The average molecular weight is 439 g/mol. The standard InChI is InChI=1S/C23H25N3O4S/c1-4-21(17-8-6-5-7-9-17)25-23(27)20-14-19(30-3)12-13-22(20)26(31(28)29)18-11-10-16(2)24-15-18/h5-15,21H,4H2,1-3H3,(H,25,27)(H,28,29)/p-1. The number of methoxy groups -OCH3 is 1. The summed E-state index contributed by atoms with van der Waals surface area (Å²) in [6, 6.07) is 17.4. The predicted octanol–water partition coefficient (Wildman–Crippen LogP) is 4.21. The number of pyridine rings is 1. The lowest BCUT2D eigenvalue weighted by molar-refractivity contribution is 0.0936. The SMILES string of the molecule is CCC(NC(=O)c1cc(OC)ccc1N(c1ccc(C)nc1)S(=O)[O-])c1ccccc1. The van der Waals surface area contributed by atoms with Gasteiger partial charge in [0.1, 0.15) is 5.75 Å². The molecule has 1 N–H and O–H groups in total. The fourth-order valence-corrected chi connectivity index (χ4v) is 3.83. The van der Waals surface area contributed by atoms with Gasteiger partial charge in [0.25, 0.3) is 5.91 Å². The van der Waals surface area contributed by atoms with Crippen molar-refractivity contribution in [3.8, 4) is 5.75 Å². The van der Waals surface area contributed by atoms with E-state index in [0.717, 1.165) is 15.6 Å². The normalized spacial score (nSPS) is 12.6. The molecule has 0 bridgehead atoms. The Morgan fingerprint density at radius 3 is 2.52 bits per heavy atom. The molecule has 2 aromatic carbocycles. The van der Waals surface area contributed by atoms with Gasteiger partial charge in [0.05, 0.1) is 47.6 Å². The van der Waals surface area contributed by atoms with Gasteiger partial charge in [-0.25, -0.2) is 0 Å². The third-order valence-electron chi connectivity index (χ3n) is 4.86.